The van der Waals surface area contributed by atoms with Gasteiger partial charge in [0.1, 0.15) is 6.04 Å². The van der Waals surface area contributed by atoms with Gasteiger partial charge in [-0.05, 0) is 48.2 Å². The number of nitrogens with zero attached hydrogens (tertiary/aromatic N) is 3. The smallest absolute Gasteiger partial charge is 0.273 e. The number of aryl methyl sites for hydroxylation is 1. The van der Waals surface area contributed by atoms with Crippen LogP contribution in [0, 0.1) is 28.9 Å². The van der Waals surface area contributed by atoms with Crippen molar-refractivity contribution in [2.24, 2.45) is 11.8 Å². The summed E-state index contributed by atoms with van der Waals surface area (Å²) in [5.74, 6) is -4.62. The number of hydrogen-bond donors (Lipinski definition) is 0. The molecule has 4 aliphatic rings. The lowest BCUT2D eigenvalue weighted by atomic mass is 9.55. The lowest BCUT2D eigenvalue weighted by molar-refractivity contribution is -0.384. The van der Waals surface area contributed by atoms with E-state index in [1.54, 1.807) is 24.3 Å². The first-order valence-corrected chi connectivity index (χ1v) is 14.4. The van der Waals surface area contributed by atoms with Gasteiger partial charge in [0, 0.05) is 35.1 Å². The van der Waals surface area contributed by atoms with Crippen LogP contribution in [0.4, 0.5) is 5.69 Å². The summed E-state index contributed by atoms with van der Waals surface area (Å²) in [7, 11) is 0. The number of rotatable bonds is 6. The summed E-state index contributed by atoms with van der Waals surface area (Å²) in [4.78, 5) is 67.7. The van der Waals surface area contributed by atoms with Crippen LogP contribution in [0.15, 0.2) is 97.1 Å². The summed E-state index contributed by atoms with van der Waals surface area (Å²) in [6.45, 7) is 3.38. The maximum Gasteiger partial charge on any atom is 0.273 e. The van der Waals surface area contributed by atoms with Gasteiger partial charge in [0.15, 0.2) is 5.78 Å². The van der Waals surface area contributed by atoms with E-state index in [9.17, 15) is 29.3 Å². The molecule has 1 fully saturated rings. The minimum Gasteiger partial charge on any atom is -0.292 e. The molecule has 8 rings (SSSR count). The number of carbonyl (C=O) groups is 4. The van der Waals surface area contributed by atoms with Crippen LogP contribution in [-0.4, -0.2) is 44.5 Å². The fourth-order valence-corrected chi connectivity index (χ4v) is 7.24. The zero-order valence-corrected chi connectivity index (χ0v) is 23.9. The third-order valence-corrected chi connectivity index (χ3v) is 9.26. The van der Waals surface area contributed by atoms with Crippen LogP contribution in [-0.2, 0) is 9.59 Å². The van der Waals surface area contributed by atoms with Crippen molar-refractivity contribution in [2.45, 2.75) is 31.7 Å². The van der Waals surface area contributed by atoms with E-state index in [-0.39, 0.29) is 11.3 Å². The maximum atomic E-state index is 14.5. The van der Waals surface area contributed by atoms with Gasteiger partial charge in [-0.2, -0.15) is 5.01 Å². The molecule has 1 heterocycles. The van der Waals surface area contributed by atoms with Crippen LogP contribution in [0.5, 0.6) is 0 Å². The Labute approximate surface area is 252 Å². The highest BCUT2D eigenvalue weighted by atomic mass is 16.6. The number of Topliss-reactive ketones (excluding diaryl/α,β-unsaturated/α-hetero) is 1. The van der Waals surface area contributed by atoms with E-state index >= 15 is 0 Å². The Kier molecular flexibility index (Phi) is 6.28. The molecule has 3 amide bonds. The summed E-state index contributed by atoms with van der Waals surface area (Å²) < 4.78 is 0. The molecule has 0 N–H and O–H groups in total. The minimum atomic E-state index is -1.24. The molecule has 0 radical (unpaired) electrons. The first-order valence-electron chi connectivity index (χ1n) is 14.4. The predicted octanol–water partition coefficient (Wildman–Crippen LogP) is 5.42. The number of nitro groups is 1. The summed E-state index contributed by atoms with van der Waals surface area (Å²) in [6, 6.07) is 26.1. The van der Waals surface area contributed by atoms with E-state index in [1.165, 1.54) is 31.2 Å². The average molecular weight is 586 g/mol. The molecule has 0 spiro atoms. The van der Waals surface area contributed by atoms with Gasteiger partial charge in [-0.15, -0.1) is 0 Å². The van der Waals surface area contributed by atoms with Crippen molar-refractivity contribution in [1.82, 2.24) is 10.0 Å². The second kappa shape index (κ2) is 10.1. The third kappa shape index (κ3) is 3.92. The van der Waals surface area contributed by atoms with Crippen molar-refractivity contribution in [3.8, 4) is 0 Å². The van der Waals surface area contributed by atoms with Gasteiger partial charge in [-0.3, -0.25) is 29.3 Å². The summed E-state index contributed by atoms with van der Waals surface area (Å²) in [6.07, 6.45) is 0. The van der Waals surface area contributed by atoms with E-state index < -0.39 is 58.1 Å². The first kappa shape index (κ1) is 27.4. The fourth-order valence-electron chi connectivity index (χ4n) is 7.24. The van der Waals surface area contributed by atoms with Crippen LogP contribution < -0.4 is 0 Å². The Morgan fingerprint density at radius 1 is 0.727 bits per heavy atom. The molecule has 0 unspecified atom stereocenters. The number of hydrogen-bond acceptors (Lipinski definition) is 6. The van der Waals surface area contributed by atoms with Gasteiger partial charge >= 0.3 is 0 Å². The van der Waals surface area contributed by atoms with E-state index in [1.807, 2.05) is 55.5 Å². The number of imide groups is 1. The van der Waals surface area contributed by atoms with Crippen LogP contribution in [0.3, 0.4) is 0 Å². The highest BCUT2D eigenvalue weighted by molar-refractivity contribution is 6.11. The summed E-state index contributed by atoms with van der Waals surface area (Å²) in [5.41, 5.74) is 4.98. The van der Waals surface area contributed by atoms with Crippen molar-refractivity contribution < 1.29 is 24.1 Å². The normalized spacial score (nSPS) is 21.7. The standard InChI is InChI=1S/C35H27N3O6/c1-19-11-13-21(14-12-19)32(39)20(2)36(33(40)22-15-17-23(18-16-22)38(43)44)37-34(41)30-28-24-7-3-4-8-25(24)29(31(30)35(37)42)27-10-6-5-9-26(27)28/h3-18,20,28-31H,1-2H3/t20-,28?,29?,30+,31+/m0/s1. The second-order valence-electron chi connectivity index (χ2n) is 11.6. The number of carbonyl (C=O) groups excluding carboxylic acids is 4. The molecule has 218 valence electrons. The van der Waals surface area contributed by atoms with Crippen molar-refractivity contribution >= 4 is 29.2 Å². The molecule has 4 aromatic rings. The van der Waals surface area contributed by atoms with E-state index in [2.05, 4.69) is 0 Å². The number of hydrazine groups is 1. The van der Waals surface area contributed by atoms with Crippen molar-refractivity contribution in [2.75, 3.05) is 0 Å². The highest BCUT2D eigenvalue weighted by Gasteiger charge is 2.63. The molecule has 9 heteroatoms. The quantitative estimate of drug-likeness (QED) is 0.129. The lowest BCUT2D eigenvalue weighted by Crippen LogP contribution is -2.56. The number of ketones is 1. The van der Waals surface area contributed by atoms with Gasteiger partial charge in [0.05, 0.1) is 16.8 Å². The molecule has 1 saturated heterocycles. The molecule has 3 atom stereocenters. The molecule has 0 saturated carbocycles. The van der Waals surface area contributed by atoms with Crippen molar-refractivity contribution in [1.29, 1.82) is 0 Å². The number of non-ortho nitro benzene ring substituents is 1. The molecular weight excluding hydrogens is 558 g/mol. The summed E-state index contributed by atoms with van der Waals surface area (Å²) >= 11 is 0. The highest BCUT2D eigenvalue weighted by Crippen LogP contribution is 2.61. The molecule has 4 aromatic carbocycles. The SMILES string of the molecule is Cc1ccc(C(=O)[C@H](C)N(C(=O)c2ccc([N+](=O)[O-])cc2)N2C(=O)[C@@H]3C4c5ccccc5C(c5ccccc54)[C@H]3C2=O)cc1. The van der Waals surface area contributed by atoms with Crippen LogP contribution in [0.25, 0.3) is 0 Å². The topological polar surface area (TPSA) is 118 Å². The van der Waals surface area contributed by atoms with Crippen LogP contribution in [0.1, 0.15) is 67.3 Å². The van der Waals surface area contributed by atoms with Gasteiger partial charge in [-0.25, -0.2) is 5.01 Å². The van der Waals surface area contributed by atoms with Gasteiger partial charge < -0.3 is 0 Å². The Morgan fingerprint density at radius 2 is 1.16 bits per heavy atom. The second-order valence-corrected chi connectivity index (χ2v) is 11.6. The largest absolute Gasteiger partial charge is 0.292 e. The zero-order valence-electron chi connectivity index (χ0n) is 23.9. The van der Waals surface area contributed by atoms with Gasteiger partial charge in [-0.1, -0.05) is 78.4 Å². The Hall–Kier alpha value is -5.44. The molecule has 3 aliphatic carbocycles. The van der Waals surface area contributed by atoms with E-state index in [0.717, 1.165) is 37.8 Å². The first-order chi connectivity index (χ1) is 21.2. The zero-order chi connectivity index (χ0) is 30.9. The molecule has 44 heavy (non-hydrogen) atoms. The number of amides is 3. The Morgan fingerprint density at radius 3 is 1.59 bits per heavy atom. The Balaban J connectivity index is 1.35. The predicted molar refractivity (Wildman–Crippen MR) is 160 cm³/mol. The molecular formula is C35H27N3O6. The van der Waals surface area contributed by atoms with E-state index in [0.29, 0.717) is 5.56 Å². The summed E-state index contributed by atoms with van der Waals surface area (Å²) in [5, 5.41) is 13.1. The van der Waals surface area contributed by atoms with Crippen LogP contribution >= 0.6 is 0 Å². The fraction of sp³-hybridized carbons (Fsp3) is 0.200. The molecule has 0 aromatic heterocycles. The monoisotopic (exact) mass is 585 g/mol. The molecule has 2 bridgehead atoms. The lowest BCUT2D eigenvalue weighted by Gasteiger charge is -2.45. The van der Waals surface area contributed by atoms with Gasteiger partial charge in [0.2, 0.25) is 0 Å². The average Bonchev–Trinajstić information content (AvgIpc) is 3.30. The molecule has 9 nitrogen and oxygen atoms in total. The van der Waals surface area contributed by atoms with E-state index in [4.69, 9.17) is 0 Å². The number of benzene rings is 4. The molecule has 1 aliphatic heterocycles. The minimum absolute atomic E-state index is 0.00386. The van der Waals surface area contributed by atoms with Crippen molar-refractivity contribution in [3.63, 3.8) is 0 Å². The third-order valence-electron chi connectivity index (χ3n) is 9.26. The van der Waals surface area contributed by atoms with Gasteiger partial charge in [0.25, 0.3) is 23.4 Å². The number of nitro benzene ring substituents is 1. The Bertz CT molecular complexity index is 1770. The maximum absolute atomic E-state index is 14.5. The van der Waals surface area contributed by atoms with Crippen molar-refractivity contribution in [3.05, 3.63) is 146 Å². The van der Waals surface area contributed by atoms with Crippen LogP contribution in [0.2, 0.25) is 0 Å².